The van der Waals surface area contributed by atoms with Crippen LogP contribution in [0.2, 0.25) is 34.8 Å². The van der Waals surface area contributed by atoms with Gasteiger partial charge in [-0.05, 0) is 73.4 Å². The van der Waals surface area contributed by atoms with Crippen LogP contribution in [0.4, 0.5) is 0 Å². The van der Waals surface area contributed by atoms with Crippen LogP contribution in [0, 0.1) is 11.8 Å². The molecule has 0 aliphatic carbocycles. The fraction of sp³-hybridized carbons (Fsp3) is 0.848. The second kappa shape index (κ2) is 16.1. The molecular formula is C33H63NO6Si2. The van der Waals surface area contributed by atoms with Crippen molar-refractivity contribution < 1.29 is 28.0 Å². The van der Waals surface area contributed by atoms with E-state index in [1.807, 2.05) is 13.8 Å². The Bertz CT molecular complexity index is 902. The lowest BCUT2D eigenvalue weighted by Crippen LogP contribution is -2.54. The molecule has 0 aromatic heterocycles. The van der Waals surface area contributed by atoms with Gasteiger partial charge in [0, 0.05) is 13.0 Å². The van der Waals surface area contributed by atoms with E-state index < -0.39 is 28.7 Å². The third-order valence-electron chi connectivity index (χ3n) is 9.78. The lowest BCUT2D eigenvalue weighted by atomic mass is 9.90. The van der Waals surface area contributed by atoms with Crippen LogP contribution in [0.5, 0.6) is 0 Å². The largest absolute Gasteiger partial charge is 0.518 e. The summed E-state index contributed by atoms with van der Waals surface area (Å²) in [7, 11) is -4.69. The van der Waals surface area contributed by atoms with Crippen LogP contribution in [-0.2, 0) is 28.0 Å². The molecule has 0 saturated carbocycles. The van der Waals surface area contributed by atoms with Crippen molar-refractivity contribution >= 4 is 34.3 Å². The molecule has 9 heteroatoms. The quantitative estimate of drug-likeness (QED) is 0.147. The molecule has 1 aliphatic heterocycles. The van der Waals surface area contributed by atoms with Gasteiger partial charge in [-0.2, -0.15) is 0 Å². The summed E-state index contributed by atoms with van der Waals surface area (Å²) in [5.74, 6) is -0.626. The summed E-state index contributed by atoms with van der Waals surface area (Å²) in [6, 6.07) is 0. The molecule has 0 unspecified atom stereocenters. The number of carbonyl (C=O) groups excluding carboxylic acids is 3. The lowest BCUT2D eigenvalue weighted by molar-refractivity contribution is -0.144. The summed E-state index contributed by atoms with van der Waals surface area (Å²) in [6.45, 7) is 29.9. The summed E-state index contributed by atoms with van der Waals surface area (Å²) < 4.78 is 19.5. The second-order valence-corrected chi connectivity index (χ2v) is 25.1. The number of ketones is 1. The van der Waals surface area contributed by atoms with Gasteiger partial charge < -0.3 is 18.9 Å². The molecule has 1 amide bonds. The van der Waals surface area contributed by atoms with Crippen LogP contribution in [0.15, 0.2) is 12.2 Å². The maximum Gasteiger partial charge on any atom is 0.298 e. The number of hydrogen-bond donors (Lipinski definition) is 1. The topological polar surface area (TPSA) is 90.9 Å². The van der Waals surface area contributed by atoms with Crippen molar-refractivity contribution in [3.8, 4) is 0 Å². The molecule has 1 heterocycles. The molecule has 1 fully saturated rings. The Morgan fingerprint density at radius 3 is 1.98 bits per heavy atom. The van der Waals surface area contributed by atoms with Crippen LogP contribution in [-0.4, -0.2) is 59.2 Å². The van der Waals surface area contributed by atoms with E-state index in [1.165, 1.54) is 0 Å². The highest BCUT2D eigenvalue weighted by atomic mass is 28.4. The summed E-state index contributed by atoms with van der Waals surface area (Å²) in [5, 5.41) is 3.01. The van der Waals surface area contributed by atoms with Gasteiger partial charge in [0.05, 0.1) is 30.7 Å². The Labute approximate surface area is 259 Å². The first-order valence-electron chi connectivity index (χ1n) is 16.2. The second-order valence-electron chi connectivity index (χ2n) is 15.0. The fourth-order valence-corrected chi connectivity index (χ4v) is 12.7. The van der Waals surface area contributed by atoms with Gasteiger partial charge in [0.15, 0.2) is 14.1 Å². The number of ether oxygens (including phenoxy) is 1. The molecule has 0 bridgehead atoms. The summed E-state index contributed by atoms with van der Waals surface area (Å²) in [6.07, 6.45) is 4.69. The van der Waals surface area contributed by atoms with Crippen molar-refractivity contribution in [2.45, 2.75) is 162 Å². The summed E-state index contributed by atoms with van der Waals surface area (Å²) >= 11 is 0. The zero-order valence-electron chi connectivity index (χ0n) is 29.3. The average Bonchev–Trinajstić information content (AvgIpc) is 2.85. The van der Waals surface area contributed by atoms with E-state index in [9.17, 15) is 14.4 Å². The fourth-order valence-electron chi connectivity index (χ4n) is 6.08. The molecule has 1 aliphatic rings. The van der Waals surface area contributed by atoms with E-state index in [0.717, 1.165) is 12.8 Å². The zero-order chi connectivity index (χ0) is 32.6. The minimum Gasteiger partial charge on any atom is -0.518 e. The van der Waals surface area contributed by atoms with Gasteiger partial charge in [0.2, 0.25) is 5.91 Å². The highest BCUT2D eigenvalue weighted by molar-refractivity contribution is 6.79. The van der Waals surface area contributed by atoms with E-state index in [2.05, 4.69) is 87.6 Å². The molecule has 42 heavy (non-hydrogen) atoms. The van der Waals surface area contributed by atoms with Gasteiger partial charge in [-0.25, -0.2) is 0 Å². The van der Waals surface area contributed by atoms with Crippen molar-refractivity contribution in [1.29, 1.82) is 0 Å². The SMILES string of the molecule is C/C=C/C(=O)C[C@H]1CC[C@H](C)[C@@H](CC(=O)NC[C@@H](O[Si](C)(C)C(C)(C)C)[C@H](C)C(=O)O[Si](C(C)C)(C(C)C)C(C)C)O1. The number of nitrogens with one attached hydrogen (secondary N) is 1. The van der Waals surface area contributed by atoms with Crippen molar-refractivity contribution in [3.05, 3.63) is 12.2 Å². The van der Waals surface area contributed by atoms with Crippen LogP contribution in [0.1, 0.15) is 109 Å². The average molecular weight is 626 g/mol. The Hall–Kier alpha value is -1.30. The van der Waals surface area contributed by atoms with E-state index in [0.29, 0.717) is 6.42 Å². The first-order chi connectivity index (χ1) is 19.2. The number of rotatable bonds is 15. The van der Waals surface area contributed by atoms with Gasteiger partial charge in [-0.3, -0.25) is 14.4 Å². The third kappa shape index (κ3) is 10.4. The highest BCUT2D eigenvalue weighted by Crippen LogP contribution is 2.43. The van der Waals surface area contributed by atoms with Crippen molar-refractivity contribution in [3.63, 3.8) is 0 Å². The van der Waals surface area contributed by atoms with E-state index in [4.69, 9.17) is 13.6 Å². The summed E-state index contributed by atoms with van der Waals surface area (Å²) in [4.78, 5) is 39.1. The smallest absolute Gasteiger partial charge is 0.298 e. The van der Waals surface area contributed by atoms with Crippen LogP contribution in [0.3, 0.4) is 0 Å². The predicted octanol–water partition coefficient (Wildman–Crippen LogP) is 7.96. The van der Waals surface area contributed by atoms with Gasteiger partial charge >= 0.3 is 0 Å². The molecule has 1 saturated heterocycles. The number of amides is 1. The van der Waals surface area contributed by atoms with E-state index >= 15 is 0 Å². The molecule has 5 atom stereocenters. The molecule has 7 nitrogen and oxygen atoms in total. The third-order valence-corrected chi connectivity index (χ3v) is 20.3. The molecule has 244 valence electrons. The minimum atomic E-state index is -2.43. The standard InChI is InChI=1S/C33H63NO6Si2/c1-15-16-27(35)19-28-18-17-25(8)29(38-28)20-31(36)34-21-30(39-41(13,14)33(10,11)12)26(9)32(37)40-42(22(2)3,23(4)5)24(6)7/h15-16,22-26,28-30H,17-21H2,1-14H3,(H,34,36)/b16-15+/t25-,26-,28+,29+,30+/m0/s1. The van der Waals surface area contributed by atoms with Gasteiger partial charge in [0.1, 0.15) is 0 Å². The van der Waals surface area contributed by atoms with Crippen LogP contribution >= 0.6 is 0 Å². The van der Waals surface area contributed by atoms with Crippen LogP contribution in [0.25, 0.3) is 0 Å². The normalized spacial score (nSPS) is 22.1. The molecule has 1 N–H and O–H groups in total. The zero-order valence-corrected chi connectivity index (χ0v) is 31.3. The molecule has 0 aromatic carbocycles. The Kier molecular flexibility index (Phi) is 14.9. The van der Waals surface area contributed by atoms with Crippen LogP contribution < -0.4 is 5.32 Å². The Morgan fingerprint density at radius 1 is 0.952 bits per heavy atom. The highest BCUT2D eigenvalue weighted by Gasteiger charge is 2.50. The molecular weight excluding hydrogens is 563 g/mol. The van der Waals surface area contributed by atoms with Gasteiger partial charge in [-0.1, -0.05) is 75.3 Å². The summed E-state index contributed by atoms with van der Waals surface area (Å²) in [5.41, 5.74) is 0.841. The lowest BCUT2D eigenvalue weighted by Gasteiger charge is -2.44. The van der Waals surface area contributed by atoms with E-state index in [1.54, 1.807) is 12.2 Å². The minimum absolute atomic E-state index is 0.0474. The Morgan fingerprint density at radius 2 is 1.50 bits per heavy atom. The van der Waals surface area contributed by atoms with Gasteiger partial charge in [-0.15, -0.1) is 0 Å². The molecule has 0 aromatic rings. The first kappa shape index (κ1) is 38.7. The Balaban J connectivity index is 3.09. The molecule has 0 spiro atoms. The van der Waals surface area contributed by atoms with Crippen molar-refractivity contribution in [1.82, 2.24) is 5.32 Å². The van der Waals surface area contributed by atoms with E-state index in [-0.39, 0.29) is 70.4 Å². The number of hydrogen-bond acceptors (Lipinski definition) is 6. The maximum atomic E-state index is 13.8. The number of carbonyl (C=O) groups is 3. The van der Waals surface area contributed by atoms with Crippen molar-refractivity contribution in [2.75, 3.05) is 6.54 Å². The molecule has 0 radical (unpaired) electrons. The number of allylic oxidation sites excluding steroid dienone is 2. The first-order valence-corrected chi connectivity index (χ1v) is 21.2. The monoisotopic (exact) mass is 625 g/mol. The predicted molar refractivity (Wildman–Crippen MR) is 177 cm³/mol. The molecule has 1 rings (SSSR count). The van der Waals surface area contributed by atoms with Crippen molar-refractivity contribution in [2.24, 2.45) is 11.8 Å². The van der Waals surface area contributed by atoms with Gasteiger partial charge in [0.25, 0.3) is 14.3 Å². The maximum absolute atomic E-state index is 13.8.